The van der Waals surface area contributed by atoms with Gasteiger partial charge in [0, 0.05) is 45.4 Å². The van der Waals surface area contributed by atoms with Gasteiger partial charge in [-0.3, -0.25) is 4.79 Å². The summed E-state index contributed by atoms with van der Waals surface area (Å²) in [4.78, 5) is 24.3. The van der Waals surface area contributed by atoms with Crippen molar-refractivity contribution in [2.75, 3.05) is 44.8 Å². The molecule has 9 heteroatoms. The predicted molar refractivity (Wildman–Crippen MR) is 98.8 cm³/mol. The molecule has 0 N–H and O–H groups in total. The smallest absolute Gasteiger partial charge is 0.248 e. The second-order valence-corrected chi connectivity index (χ2v) is 6.45. The third kappa shape index (κ3) is 5.05. The lowest BCUT2D eigenvalue weighted by Gasteiger charge is -2.22. The number of methoxy groups -OCH3 is 1. The van der Waals surface area contributed by atoms with Crippen LogP contribution in [0.4, 0.5) is 10.2 Å². The molecule has 27 heavy (non-hydrogen) atoms. The first-order chi connectivity index (χ1) is 13.1. The first kappa shape index (κ1) is 19.3. The highest BCUT2D eigenvalue weighted by molar-refractivity contribution is 6.30. The van der Waals surface area contributed by atoms with Crippen molar-refractivity contribution in [2.45, 2.75) is 6.42 Å². The van der Waals surface area contributed by atoms with Gasteiger partial charge in [-0.15, -0.1) is 0 Å². The summed E-state index contributed by atoms with van der Waals surface area (Å²) < 4.78 is 23.8. The van der Waals surface area contributed by atoms with Crippen LogP contribution in [0, 0.1) is 5.82 Å². The number of aromatic nitrogens is 2. The number of benzene rings is 1. The molecule has 1 saturated heterocycles. The second kappa shape index (κ2) is 8.96. The van der Waals surface area contributed by atoms with Gasteiger partial charge in [0.2, 0.25) is 11.8 Å². The molecule has 0 bridgehead atoms. The third-order valence-corrected chi connectivity index (χ3v) is 4.47. The van der Waals surface area contributed by atoms with Crippen LogP contribution in [0.3, 0.4) is 0 Å². The molecule has 1 aliphatic heterocycles. The number of anilines is 1. The zero-order valence-electron chi connectivity index (χ0n) is 14.9. The predicted octanol–water partition coefficient (Wildman–Crippen LogP) is 2.75. The van der Waals surface area contributed by atoms with Crippen LogP contribution in [-0.4, -0.2) is 60.7 Å². The van der Waals surface area contributed by atoms with E-state index in [9.17, 15) is 9.18 Å². The molecule has 0 spiro atoms. The van der Waals surface area contributed by atoms with Crippen molar-refractivity contribution in [1.82, 2.24) is 14.9 Å². The summed E-state index contributed by atoms with van der Waals surface area (Å²) in [5.74, 6) is 0.899. The lowest BCUT2D eigenvalue weighted by molar-refractivity contribution is -0.134. The number of halogens is 2. The van der Waals surface area contributed by atoms with E-state index in [0.717, 1.165) is 13.0 Å². The van der Waals surface area contributed by atoms with E-state index in [1.54, 1.807) is 11.0 Å². The SMILES string of the molecule is COCC(=O)N1CCCN(c2cc(Oc3ccc(F)c(Cl)c3)ncn2)CC1. The van der Waals surface area contributed by atoms with E-state index in [-0.39, 0.29) is 17.5 Å². The van der Waals surface area contributed by atoms with Gasteiger partial charge in [0.1, 0.15) is 30.3 Å². The number of ether oxygens (including phenoxy) is 2. The number of amides is 1. The van der Waals surface area contributed by atoms with Crippen molar-refractivity contribution < 1.29 is 18.7 Å². The highest BCUT2D eigenvalue weighted by atomic mass is 35.5. The van der Waals surface area contributed by atoms with E-state index >= 15 is 0 Å². The van der Waals surface area contributed by atoms with E-state index < -0.39 is 5.82 Å². The minimum absolute atomic E-state index is 0.0146. The molecule has 2 aromatic rings. The first-order valence-electron chi connectivity index (χ1n) is 8.53. The number of hydrogen-bond acceptors (Lipinski definition) is 6. The molecule has 1 fully saturated rings. The molecule has 2 heterocycles. The fourth-order valence-electron chi connectivity index (χ4n) is 2.83. The summed E-state index contributed by atoms with van der Waals surface area (Å²) in [6, 6.07) is 5.82. The molecular weight excluding hydrogens is 375 g/mol. The monoisotopic (exact) mass is 394 g/mol. The summed E-state index contributed by atoms with van der Waals surface area (Å²) in [7, 11) is 1.51. The molecule has 0 atom stereocenters. The molecule has 0 saturated carbocycles. The Hall–Kier alpha value is -2.45. The van der Waals surface area contributed by atoms with Crippen molar-refractivity contribution in [3.63, 3.8) is 0 Å². The molecule has 3 rings (SSSR count). The molecule has 1 aliphatic rings. The quantitative estimate of drug-likeness (QED) is 0.776. The third-order valence-electron chi connectivity index (χ3n) is 4.18. The normalized spacial score (nSPS) is 14.8. The van der Waals surface area contributed by atoms with Crippen molar-refractivity contribution in [2.24, 2.45) is 0 Å². The lowest BCUT2D eigenvalue weighted by atomic mass is 10.3. The summed E-state index contributed by atoms with van der Waals surface area (Å²) in [6.07, 6.45) is 2.23. The number of hydrogen-bond donors (Lipinski definition) is 0. The van der Waals surface area contributed by atoms with Crippen molar-refractivity contribution >= 4 is 23.3 Å². The Balaban J connectivity index is 1.68. The van der Waals surface area contributed by atoms with Gasteiger partial charge in [0.15, 0.2) is 0 Å². The minimum Gasteiger partial charge on any atom is -0.439 e. The summed E-state index contributed by atoms with van der Waals surface area (Å²) in [5, 5.41) is -0.0184. The Morgan fingerprint density at radius 2 is 2.07 bits per heavy atom. The lowest BCUT2D eigenvalue weighted by Crippen LogP contribution is -2.37. The molecule has 0 radical (unpaired) electrons. The fourth-order valence-corrected chi connectivity index (χ4v) is 3.00. The van der Waals surface area contributed by atoms with Crippen LogP contribution < -0.4 is 9.64 Å². The van der Waals surface area contributed by atoms with Crippen LogP contribution in [0.5, 0.6) is 11.6 Å². The Morgan fingerprint density at radius 1 is 1.22 bits per heavy atom. The summed E-state index contributed by atoms with van der Waals surface area (Å²) in [6.45, 7) is 2.77. The number of nitrogens with zero attached hydrogens (tertiary/aromatic N) is 4. The molecule has 0 unspecified atom stereocenters. The molecule has 1 aromatic heterocycles. The zero-order valence-corrected chi connectivity index (χ0v) is 15.7. The Morgan fingerprint density at radius 3 is 2.85 bits per heavy atom. The maximum atomic E-state index is 13.3. The van der Waals surface area contributed by atoms with Crippen LogP contribution in [0.15, 0.2) is 30.6 Å². The number of carbonyl (C=O) groups excluding carboxylic acids is 1. The molecule has 7 nitrogen and oxygen atoms in total. The van der Waals surface area contributed by atoms with Gasteiger partial charge in [-0.2, -0.15) is 0 Å². The van der Waals surface area contributed by atoms with E-state index in [1.807, 2.05) is 0 Å². The highest BCUT2D eigenvalue weighted by Gasteiger charge is 2.20. The molecule has 144 valence electrons. The van der Waals surface area contributed by atoms with Crippen LogP contribution in [0.1, 0.15) is 6.42 Å². The number of rotatable bonds is 5. The van der Waals surface area contributed by atoms with Gasteiger partial charge in [0.05, 0.1) is 5.02 Å². The maximum Gasteiger partial charge on any atom is 0.248 e. The average Bonchev–Trinajstić information content (AvgIpc) is 2.92. The Kier molecular flexibility index (Phi) is 6.41. The van der Waals surface area contributed by atoms with Crippen molar-refractivity contribution in [1.29, 1.82) is 0 Å². The van der Waals surface area contributed by atoms with Gasteiger partial charge >= 0.3 is 0 Å². The first-order valence-corrected chi connectivity index (χ1v) is 8.91. The average molecular weight is 395 g/mol. The van der Waals surface area contributed by atoms with Gasteiger partial charge in [0.25, 0.3) is 0 Å². The van der Waals surface area contributed by atoms with E-state index in [2.05, 4.69) is 14.9 Å². The van der Waals surface area contributed by atoms with Gasteiger partial charge in [-0.1, -0.05) is 11.6 Å². The molecular formula is C18H20ClFN4O3. The largest absolute Gasteiger partial charge is 0.439 e. The van der Waals surface area contributed by atoms with Crippen LogP contribution in [0.2, 0.25) is 5.02 Å². The van der Waals surface area contributed by atoms with Crippen molar-refractivity contribution in [3.8, 4) is 11.6 Å². The molecule has 1 amide bonds. The van der Waals surface area contributed by atoms with Crippen LogP contribution in [-0.2, 0) is 9.53 Å². The van der Waals surface area contributed by atoms with E-state index in [1.165, 1.54) is 31.6 Å². The van der Waals surface area contributed by atoms with Gasteiger partial charge < -0.3 is 19.3 Å². The highest BCUT2D eigenvalue weighted by Crippen LogP contribution is 2.26. The fraction of sp³-hybridized carbons (Fsp3) is 0.389. The second-order valence-electron chi connectivity index (χ2n) is 6.05. The van der Waals surface area contributed by atoms with Gasteiger partial charge in [-0.25, -0.2) is 14.4 Å². The van der Waals surface area contributed by atoms with E-state index in [4.69, 9.17) is 21.1 Å². The number of carbonyl (C=O) groups is 1. The molecule has 1 aromatic carbocycles. The minimum atomic E-state index is -0.510. The Bertz CT molecular complexity index is 808. The standard InChI is InChI=1S/C18H20ClFN4O3/c1-26-11-18(25)24-6-2-5-23(7-8-24)16-10-17(22-12-21-16)27-13-3-4-15(20)14(19)9-13/h3-4,9-10,12H,2,5-8,11H2,1H3. The van der Waals surface area contributed by atoms with Crippen LogP contribution >= 0.6 is 11.6 Å². The van der Waals surface area contributed by atoms with Crippen molar-refractivity contribution in [3.05, 3.63) is 41.4 Å². The topological polar surface area (TPSA) is 67.8 Å². The van der Waals surface area contributed by atoms with E-state index in [0.29, 0.717) is 37.1 Å². The summed E-state index contributed by atoms with van der Waals surface area (Å²) in [5.41, 5.74) is 0. The molecule has 0 aliphatic carbocycles. The maximum absolute atomic E-state index is 13.3. The van der Waals surface area contributed by atoms with Gasteiger partial charge in [-0.05, 0) is 18.6 Å². The Labute approximate surface area is 161 Å². The van der Waals surface area contributed by atoms with Crippen LogP contribution in [0.25, 0.3) is 0 Å². The summed E-state index contributed by atoms with van der Waals surface area (Å²) >= 11 is 5.78. The zero-order chi connectivity index (χ0) is 19.2.